The zero-order valence-electron chi connectivity index (χ0n) is 11.7. The van der Waals surface area contributed by atoms with Crippen LogP contribution < -0.4 is 15.5 Å². The van der Waals surface area contributed by atoms with Crippen LogP contribution >= 0.6 is 0 Å². The number of rotatable bonds is 2. The topological polar surface area (TPSA) is 58.3 Å². The third kappa shape index (κ3) is 2.66. The standard InChI is InChI=1S/C15H19N5/c1-12-9-15(18-11-17-12)20-7-5-19(6-8-20)14-4-2-3-13(16)10-14/h2-4,9-11H,5-8,16H2,1H3. The van der Waals surface area contributed by atoms with E-state index in [1.165, 1.54) is 5.69 Å². The molecule has 2 heterocycles. The largest absolute Gasteiger partial charge is 0.399 e. The van der Waals surface area contributed by atoms with Crippen molar-refractivity contribution in [3.05, 3.63) is 42.4 Å². The number of aromatic nitrogens is 2. The van der Waals surface area contributed by atoms with Crippen LogP contribution in [-0.2, 0) is 0 Å². The second-order valence-electron chi connectivity index (χ2n) is 5.09. The van der Waals surface area contributed by atoms with Crippen molar-refractivity contribution in [2.24, 2.45) is 0 Å². The minimum Gasteiger partial charge on any atom is -0.399 e. The first-order chi connectivity index (χ1) is 9.72. The highest BCUT2D eigenvalue weighted by atomic mass is 15.3. The molecule has 5 nitrogen and oxygen atoms in total. The van der Waals surface area contributed by atoms with Crippen molar-refractivity contribution in [2.75, 3.05) is 41.7 Å². The fourth-order valence-corrected chi connectivity index (χ4v) is 2.53. The molecule has 0 amide bonds. The Morgan fingerprint density at radius 1 is 1.00 bits per heavy atom. The maximum Gasteiger partial charge on any atom is 0.132 e. The van der Waals surface area contributed by atoms with Gasteiger partial charge in [-0.2, -0.15) is 0 Å². The van der Waals surface area contributed by atoms with Gasteiger partial charge in [0.25, 0.3) is 0 Å². The van der Waals surface area contributed by atoms with Gasteiger partial charge in [-0.05, 0) is 25.1 Å². The Morgan fingerprint density at radius 3 is 2.45 bits per heavy atom. The lowest BCUT2D eigenvalue weighted by Crippen LogP contribution is -2.46. The molecule has 5 heteroatoms. The number of aryl methyl sites for hydroxylation is 1. The first-order valence-electron chi connectivity index (χ1n) is 6.86. The van der Waals surface area contributed by atoms with E-state index in [1.807, 2.05) is 31.2 Å². The highest BCUT2D eigenvalue weighted by Crippen LogP contribution is 2.21. The molecule has 20 heavy (non-hydrogen) atoms. The van der Waals surface area contributed by atoms with Gasteiger partial charge in [-0.15, -0.1) is 0 Å². The molecule has 0 spiro atoms. The predicted molar refractivity (Wildman–Crippen MR) is 82.0 cm³/mol. The summed E-state index contributed by atoms with van der Waals surface area (Å²) >= 11 is 0. The molecule has 0 saturated carbocycles. The number of nitrogen functional groups attached to an aromatic ring is 1. The smallest absolute Gasteiger partial charge is 0.132 e. The van der Waals surface area contributed by atoms with E-state index in [1.54, 1.807) is 6.33 Å². The van der Waals surface area contributed by atoms with Crippen LogP contribution in [-0.4, -0.2) is 36.1 Å². The van der Waals surface area contributed by atoms with Crippen LogP contribution in [0.1, 0.15) is 5.69 Å². The highest BCUT2D eigenvalue weighted by molar-refractivity contribution is 5.57. The number of anilines is 3. The average Bonchev–Trinajstić information content (AvgIpc) is 2.47. The third-order valence-electron chi connectivity index (χ3n) is 3.63. The SMILES string of the molecule is Cc1cc(N2CCN(c3cccc(N)c3)CC2)ncn1. The quantitative estimate of drug-likeness (QED) is 0.841. The third-order valence-corrected chi connectivity index (χ3v) is 3.63. The van der Waals surface area contributed by atoms with E-state index in [-0.39, 0.29) is 0 Å². The van der Waals surface area contributed by atoms with Crippen molar-refractivity contribution in [1.82, 2.24) is 9.97 Å². The fraction of sp³-hybridized carbons (Fsp3) is 0.333. The molecule has 1 saturated heterocycles. The lowest BCUT2D eigenvalue weighted by atomic mass is 10.2. The Balaban J connectivity index is 1.68. The molecule has 0 bridgehead atoms. The summed E-state index contributed by atoms with van der Waals surface area (Å²) in [4.78, 5) is 13.2. The van der Waals surface area contributed by atoms with E-state index in [2.05, 4.69) is 25.8 Å². The van der Waals surface area contributed by atoms with Crippen molar-refractivity contribution in [1.29, 1.82) is 0 Å². The van der Waals surface area contributed by atoms with Crippen LogP contribution in [0.15, 0.2) is 36.7 Å². The van der Waals surface area contributed by atoms with Crippen molar-refractivity contribution in [3.8, 4) is 0 Å². The minimum absolute atomic E-state index is 0.816. The molecule has 1 aromatic carbocycles. The molecule has 1 aliphatic heterocycles. The van der Waals surface area contributed by atoms with Crippen molar-refractivity contribution in [3.63, 3.8) is 0 Å². The Kier molecular flexibility index (Phi) is 3.41. The molecular formula is C15H19N5. The number of benzene rings is 1. The molecular weight excluding hydrogens is 250 g/mol. The Hall–Kier alpha value is -2.30. The van der Waals surface area contributed by atoms with Gasteiger partial charge in [0.2, 0.25) is 0 Å². The maximum absolute atomic E-state index is 5.85. The summed E-state index contributed by atoms with van der Waals surface area (Å²) in [5.41, 5.74) is 8.87. The summed E-state index contributed by atoms with van der Waals surface area (Å²) in [7, 11) is 0. The summed E-state index contributed by atoms with van der Waals surface area (Å²) < 4.78 is 0. The molecule has 2 aromatic rings. The lowest BCUT2D eigenvalue weighted by molar-refractivity contribution is 0.646. The second-order valence-corrected chi connectivity index (χ2v) is 5.09. The molecule has 3 rings (SSSR count). The summed E-state index contributed by atoms with van der Waals surface area (Å²) in [5.74, 6) is 1.02. The second kappa shape index (κ2) is 5.36. The molecule has 0 radical (unpaired) electrons. The number of nitrogens with two attached hydrogens (primary N) is 1. The molecule has 2 N–H and O–H groups in total. The Labute approximate surface area is 119 Å². The van der Waals surface area contributed by atoms with E-state index in [0.717, 1.165) is 43.4 Å². The van der Waals surface area contributed by atoms with Gasteiger partial charge in [0.05, 0.1) is 0 Å². The number of nitrogens with zero attached hydrogens (tertiary/aromatic N) is 4. The van der Waals surface area contributed by atoms with Crippen LogP contribution in [0, 0.1) is 6.92 Å². The van der Waals surface area contributed by atoms with Gasteiger partial charge in [0.15, 0.2) is 0 Å². The van der Waals surface area contributed by atoms with Crippen LogP contribution in [0.4, 0.5) is 17.2 Å². The van der Waals surface area contributed by atoms with E-state index >= 15 is 0 Å². The van der Waals surface area contributed by atoms with E-state index in [4.69, 9.17) is 5.73 Å². The Morgan fingerprint density at radius 2 is 1.75 bits per heavy atom. The van der Waals surface area contributed by atoms with Crippen molar-refractivity contribution in [2.45, 2.75) is 6.92 Å². The van der Waals surface area contributed by atoms with Gasteiger partial charge in [-0.3, -0.25) is 0 Å². The molecule has 0 atom stereocenters. The maximum atomic E-state index is 5.85. The average molecular weight is 269 g/mol. The first-order valence-corrected chi connectivity index (χ1v) is 6.86. The highest BCUT2D eigenvalue weighted by Gasteiger charge is 2.18. The predicted octanol–water partition coefficient (Wildman–Crippen LogP) is 1.69. The minimum atomic E-state index is 0.816. The van der Waals surface area contributed by atoms with E-state index < -0.39 is 0 Å². The molecule has 104 valence electrons. The van der Waals surface area contributed by atoms with Gasteiger partial charge in [-0.1, -0.05) is 6.07 Å². The lowest BCUT2D eigenvalue weighted by Gasteiger charge is -2.36. The zero-order chi connectivity index (χ0) is 13.9. The monoisotopic (exact) mass is 269 g/mol. The van der Waals surface area contributed by atoms with Gasteiger partial charge in [-0.25, -0.2) is 9.97 Å². The fourth-order valence-electron chi connectivity index (χ4n) is 2.53. The normalized spacial score (nSPS) is 15.4. The number of piperazine rings is 1. The van der Waals surface area contributed by atoms with Gasteiger partial charge in [0.1, 0.15) is 12.1 Å². The van der Waals surface area contributed by atoms with Crippen LogP contribution in [0.2, 0.25) is 0 Å². The van der Waals surface area contributed by atoms with Crippen LogP contribution in [0.3, 0.4) is 0 Å². The van der Waals surface area contributed by atoms with Gasteiger partial charge >= 0.3 is 0 Å². The van der Waals surface area contributed by atoms with Gasteiger partial charge < -0.3 is 15.5 Å². The summed E-state index contributed by atoms with van der Waals surface area (Å²) in [6.07, 6.45) is 1.63. The molecule has 1 aromatic heterocycles. The van der Waals surface area contributed by atoms with Gasteiger partial charge in [0, 0.05) is 49.3 Å². The summed E-state index contributed by atoms with van der Waals surface area (Å²) in [6, 6.07) is 10.1. The number of hydrogen-bond acceptors (Lipinski definition) is 5. The molecule has 1 fully saturated rings. The molecule has 0 unspecified atom stereocenters. The zero-order valence-corrected chi connectivity index (χ0v) is 11.7. The van der Waals surface area contributed by atoms with E-state index in [9.17, 15) is 0 Å². The summed E-state index contributed by atoms with van der Waals surface area (Å²) in [5, 5.41) is 0. The molecule has 0 aliphatic carbocycles. The van der Waals surface area contributed by atoms with E-state index in [0.29, 0.717) is 0 Å². The first kappa shape index (κ1) is 12.7. The van der Waals surface area contributed by atoms with Crippen LogP contribution in [0.5, 0.6) is 0 Å². The summed E-state index contributed by atoms with van der Waals surface area (Å²) in [6.45, 7) is 5.88. The van der Waals surface area contributed by atoms with Crippen LogP contribution in [0.25, 0.3) is 0 Å². The number of hydrogen-bond donors (Lipinski definition) is 1. The molecule has 1 aliphatic rings. The Bertz CT molecular complexity index is 537. The van der Waals surface area contributed by atoms with Crippen molar-refractivity contribution >= 4 is 17.2 Å². The van der Waals surface area contributed by atoms with Crippen molar-refractivity contribution < 1.29 is 0 Å².